The number of ether oxygens (including phenoxy) is 1. The molecule has 2 aliphatic rings. The maximum Gasteiger partial charge on any atom is 0.410 e. The van der Waals surface area contributed by atoms with Gasteiger partial charge in [-0.05, 0) is 62.1 Å². The van der Waals surface area contributed by atoms with Crippen LogP contribution in [0.3, 0.4) is 0 Å². The zero-order valence-electron chi connectivity index (χ0n) is 28.9. The summed E-state index contributed by atoms with van der Waals surface area (Å²) in [5.41, 5.74) is 5.61. The van der Waals surface area contributed by atoms with E-state index >= 15 is 0 Å². The number of benzene rings is 3. The van der Waals surface area contributed by atoms with Crippen LogP contribution in [-0.2, 0) is 4.74 Å². The Hall–Kier alpha value is -5.03. The van der Waals surface area contributed by atoms with E-state index in [2.05, 4.69) is 31.7 Å². The van der Waals surface area contributed by atoms with Gasteiger partial charge in [-0.2, -0.15) is 0 Å². The van der Waals surface area contributed by atoms with Crippen LogP contribution in [0.25, 0.3) is 33.4 Å². The number of pyridine rings is 1. The predicted octanol–water partition coefficient (Wildman–Crippen LogP) is 9.73. The molecule has 0 saturated carbocycles. The van der Waals surface area contributed by atoms with Crippen molar-refractivity contribution in [2.45, 2.75) is 38.3 Å². The first-order valence-corrected chi connectivity index (χ1v) is 18.7. The van der Waals surface area contributed by atoms with Gasteiger partial charge in [0.05, 0.1) is 41.1 Å². The fourth-order valence-electron chi connectivity index (χ4n) is 7.45. The van der Waals surface area contributed by atoms with Gasteiger partial charge in [-0.15, -0.1) is 0 Å². The van der Waals surface area contributed by atoms with E-state index in [-0.39, 0.29) is 24.1 Å². The standard InChI is InChI=1S/C40H36Cl3N7O3/c1-24(25-8-10-27(41)11-9-25)50-23-45-35(26-6-3-2-4-7-26)37(50)34-31-13-12-28(42)20-32(31)46-36(34)39(51)47-33-21-29(43)22-44-38(33)48-17-14-30(15-18-48)49-16-5-19-53-40(49)52/h2-4,6-13,20-24,30,46H,5,14-19H2,1H3,(H,47,51)/t24-/m0/s1. The van der Waals surface area contributed by atoms with Gasteiger partial charge in [0, 0.05) is 63.9 Å². The molecule has 2 N–H and O–H groups in total. The third-order valence-corrected chi connectivity index (χ3v) is 10.8. The molecule has 2 fully saturated rings. The summed E-state index contributed by atoms with van der Waals surface area (Å²) in [4.78, 5) is 44.1. The van der Waals surface area contributed by atoms with Crippen molar-refractivity contribution in [2.75, 3.05) is 36.5 Å². The molecule has 0 aliphatic carbocycles. The molecule has 0 bridgehead atoms. The number of hydrogen-bond acceptors (Lipinski definition) is 6. The van der Waals surface area contributed by atoms with Crippen LogP contribution in [0, 0.1) is 0 Å². The lowest BCUT2D eigenvalue weighted by molar-refractivity contribution is 0.0499. The van der Waals surface area contributed by atoms with Crippen molar-refractivity contribution >= 4 is 69.2 Å². The van der Waals surface area contributed by atoms with E-state index in [0.29, 0.717) is 69.6 Å². The fourth-order valence-corrected chi connectivity index (χ4v) is 7.90. The molecule has 2 amide bonds. The zero-order valence-corrected chi connectivity index (χ0v) is 31.1. The second kappa shape index (κ2) is 14.8. The van der Waals surface area contributed by atoms with Crippen LogP contribution in [0.1, 0.15) is 48.3 Å². The minimum atomic E-state index is -0.380. The number of nitrogens with one attached hydrogen (secondary N) is 2. The molecule has 0 unspecified atom stereocenters. The normalized spacial score (nSPS) is 15.8. The van der Waals surface area contributed by atoms with E-state index in [4.69, 9.17) is 44.5 Å². The summed E-state index contributed by atoms with van der Waals surface area (Å²) >= 11 is 19.3. The molecule has 2 saturated heterocycles. The first kappa shape index (κ1) is 35.0. The molecule has 0 spiro atoms. The SMILES string of the molecule is C[C@@H](c1ccc(Cl)cc1)n1cnc(-c2ccccc2)c1-c1c(C(=O)Nc2cc(Cl)cnc2N2CCC(N3CCCOC3=O)CC2)[nH]c2cc(Cl)ccc12. The van der Waals surface area contributed by atoms with Crippen LogP contribution in [0.5, 0.6) is 0 Å². The average molecular weight is 769 g/mol. The highest BCUT2D eigenvalue weighted by molar-refractivity contribution is 6.32. The second-order valence-corrected chi connectivity index (χ2v) is 14.7. The van der Waals surface area contributed by atoms with Crippen molar-refractivity contribution in [3.63, 3.8) is 0 Å². The minimum Gasteiger partial charge on any atom is -0.449 e. The number of carbonyl (C=O) groups excluding carboxylic acids is 2. The van der Waals surface area contributed by atoms with E-state index < -0.39 is 0 Å². The number of rotatable bonds is 8. The van der Waals surface area contributed by atoms with Gasteiger partial charge in [0.2, 0.25) is 0 Å². The maximum atomic E-state index is 14.7. The molecule has 13 heteroatoms. The smallest absolute Gasteiger partial charge is 0.410 e. The molecule has 6 aromatic rings. The Bertz CT molecular complexity index is 2300. The van der Waals surface area contributed by atoms with Gasteiger partial charge >= 0.3 is 6.09 Å². The number of anilines is 2. The molecule has 3 aromatic carbocycles. The monoisotopic (exact) mass is 767 g/mol. The van der Waals surface area contributed by atoms with Gasteiger partial charge in [-0.25, -0.2) is 14.8 Å². The van der Waals surface area contributed by atoms with Crippen LogP contribution in [-0.4, -0.2) is 68.7 Å². The molecule has 270 valence electrons. The van der Waals surface area contributed by atoms with Crippen LogP contribution < -0.4 is 10.2 Å². The number of fused-ring (bicyclic) bond motifs is 1. The van der Waals surface area contributed by atoms with E-state index in [1.165, 1.54) is 0 Å². The first-order valence-electron chi connectivity index (χ1n) is 17.6. The maximum absolute atomic E-state index is 14.7. The van der Waals surface area contributed by atoms with Gasteiger partial charge in [-0.1, -0.05) is 83.3 Å². The summed E-state index contributed by atoms with van der Waals surface area (Å²) in [5.74, 6) is 0.226. The molecule has 1 atom stereocenters. The zero-order chi connectivity index (χ0) is 36.6. The van der Waals surface area contributed by atoms with Gasteiger partial charge < -0.3 is 29.4 Å². The third kappa shape index (κ3) is 6.94. The number of aromatic amines is 1. The predicted molar refractivity (Wildman–Crippen MR) is 210 cm³/mol. The largest absolute Gasteiger partial charge is 0.449 e. The molecule has 8 rings (SSSR count). The lowest BCUT2D eigenvalue weighted by atomic mass is 9.99. The number of carbonyl (C=O) groups is 2. The van der Waals surface area contributed by atoms with Crippen molar-refractivity contribution in [3.8, 4) is 22.5 Å². The van der Waals surface area contributed by atoms with Crippen molar-refractivity contribution in [2.24, 2.45) is 0 Å². The highest BCUT2D eigenvalue weighted by atomic mass is 35.5. The van der Waals surface area contributed by atoms with Crippen molar-refractivity contribution in [1.29, 1.82) is 0 Å². The Morgan fingerprint density at radius 3 is 2.43 bits per heavy atom. The molecule has 5 heterocycles. The number of piperidine rings is 1. The number of halogens is 3. The first-order chi connectivity index (χ1) is 25.7. The van der Waals surface area contributed by atoms with E-state index in [1.807, 2.05) is 84.0 Å². The lowest BCUT2D eigenvalue weighted by Gasteiger charge is -2.40. The number of nitrogens with zero attached hydrogens (tertiary/aromatic N) is 5. The average Bonchev–Trinajstić information content (AvgIpc) is 3.77. The Kier molecular flexibility index (Phi) is 9.76. The number of hydrogen-bond donors (Lipinski definition) is 2. The number of aromatic nitrogens is 4. The Morgan fingerprint density at radius 1 is 0.925 bits per heavy atom. The highest BCUT2D eigenvalue weighted by Gasteiger charge is 2.33. The molecule has 10 nitrogen and oxygen atoms in total. The molecule has 2 aliphatic heterocycles. The van der Waals surface area contributed by atoms with Crippen molar-refractivity contribution < 1.29 is 14.3 Å². The Morgan fingerprint density at radius 2 is 1.68 bits per heavy atom. The van der Waals surface area contributed by atoms with Crippen LogP contribution >= 0.6 is 34.8 Å². The topological polar surface area (TPSA) is 108 Å². The summed E-state index contributed by atoms with van der Waals surface area (Å²) in [5, 5.41) is 5.53. The highest BCUT2D eigenvalue weighted by Crippen LogP contribution is 2.42. The van der Waals surface area contributed by atoms with Gasteiger partial charge in [0.25, 0.3) is 5.91 Å². The second-order valence-electron chi connectivity index (χ2n) is 13.4. The summed E-state index contributed by atoms with van der Waals surface area (Å²) in [6.45, 7) is 4.55. The van der Waals surface area contributed by atoms with Gasteiger partial charge in [0.1, 0.15) is 5.69 Å². The fraction of sp³-hybridized carbons (Fsp3) is 0.250. The Labute approximate surface area is 321 Å². The molecule has 0 radical (unpaired) electrons. The van der Waals surface area contributed by atoms with Crippen molar-refractivity contribution in [3.05, 3.63) is 118 Å². The lowest BCUT2D eigenvalue weighted by Crippen LogP contribution is -2.50. The van der Waals surface area contributed by atoms with Gasteiger partial charge in [0.15, 0.2) is 5.82 Å². The number of H-pyrrole nitrogens is 1. The summed E-state index contributed by atoms with van der Waals surface area (Å²) < 4.78 is 7.39. The van der Waals surface area contributed by atoms with Crippen LogP contribution in [0.2, 0.25) is 15.1 Å². The van der Waals surface area contributed by atoms with E-state index in [1.54, 1.807) is 12.3 Å². The minimum absolute atomic E-state index is 0.0871. The third-order valence-electron chi connectivity index (χ3n) is 10.1. The summed E-state index contributed by atoms with van der Waals surface area (Å²) in [6.07, 6.45) is 5.48. The molecular weight excluding hydrogens is 733 g/mol. The van der Waals surface area contributed by atoms with E-state index in [9.17, 15) is 9.59 Å². The number of imidazole rings is 1. The van der Waals surface area contributed by atoms with Crippen molar-refractivity contribution in [1.82, 2.24) is 24.4 Å². The van der Waals surface area contributed by atoms with Crippen LogP contribution in [0.4, 0.5) is 16.3 Å². The molecule has 53 heavy (non-hydrogen) atoms. The number of amides is 2. The summed E-state index contributed by atoms with van der Waals surface area (Å²) in [6, 6.07) is 24.9. The summed E-state index contributed by atoms with van der Waals surface area (Å²) in [7, 11) is 0. The molecule has 3 aromatic heterocycles. The Balaban J connectivity index is 1.19. The molecular formula is C40H36Cl3N7O3. The van der Waals surface area contributed by atoms with Crippen LogP contribution in [0.15, 0.2) is 91.4 Å². The van der Waals surface area contributed by atoms with E-state index in [0.717, 1.165) is 47.2 Å². The number of cyclic esters (lactones) is 1. The van der Waals surface area contributed by atoms with Gasteiger partial charge in [-0.3, -0.25) is 4.79 Å². The quantitative estimate of drug-likeness (QED) is 0.160.